The number of unbranched alkanes of at least 4 members (excludes halogenated alkanes) is 6. The molecule has 0 saturated carbocycles. The SMILES string of the molecule is CCCCCCCCCC(=O)O[C@@H]1[C@@H](O)[C@@H](O[C@]2(CO)O[C@H](CO)[C@@H](O)[C@@H]2O)O[C@H](CO)[C@H]1O. The number of hydrogen-bond donors (Lipinski definition) is 7. The van der Waals surface area contributed by atoms with Crippen LogP contribution in [0.3, 0.4) is 0 Å². The molecule has 0 unspecified atom stereocenters. The lowest BCUT2D eigenvalue weighted by molar-refractivity contribution is -0.383. The highest BCUT2D eigenvalue weighted by atomic mass is 16.8. The van der Waals surface area contributed by atoms with Gasteiger partial charge in [0.05, 0.1) is 13.2 Å². The second-order valence-electron chi connectivity index (χ2n) is 8.89. The van der Waals surface area contributed by atoms with Gasteiger partial charge in [0.15, 0.2) is 12.4 Å². The Morgan fingerprint density at radius 3 is 2.03 bits per heavy atom. The molecule has 34 heavy (non-hydrogen) atoms. The van der Waals surface area contributed by atoms with Gasteiger partial charge in [-0.15, -0.1) is 0 Å². The smallest absolute Gasteiger partial charge is 0.306 e. The average Bonchev–Trinajstić information content (AvgIpc) is 3.07. The number of esters is 1. The summed E-state index contributed by atoms with van der Waals surface area (Å²) in [5.74, 6) is -2.92. The van der Waals surface area contributed by atoms with E-state index >= 15 is 0 Å². The van der Waals surface area contributed by atoms with Gasteiger partial charge < -0.3 is 54.7 Å². The van der Waals surface area contributed by atoms with Crippen molar-refractivity contribution in [2.75, 3.05) is 19.8 Å². The van der Waals surface area contributed by atoms with Crippen molar-refractivity contribution >= 4 is 5.97 Å². The molecule has 0 amide bonds. The molecule has 0 aromatic rings. The highest BCUT2D eigenvalue weighted by Crippen LogP contribution is 2.36. The van der Waals surface area contributed by atoms with E-state index in [4.69, 9.17) is 18.9 Å². The molecule has 2 heterocycles. The molecule has 0 aromatic heterocycles. The Morgan fingerprint density at radius 2 is 1.47 bits per heavy atom. The van der Waals surface area contributed by atoms with Gasteiger partial charge >= 0.3 is 5.97 Å². The van der Waals surface area contributed by atoms with Gasteiger partial charge in [0.1, 0.15) is 43.2 Å². The minimum absolute atomic E-state index is 0.0761. The quantitative estimate of drug-likeness (QED) is 0.106. The maximum atomic E-state index is 12.3. The number of ether oxygens (including phenoxy) is 4. The first kappa shape index (κ1) is 29.3. The molecular weight excluding hydrogens is 456 g/mol. The number of carbonyl (C=O) groups excluding carboxylic acids is 1. The molecule has 2 aliphatic rings. The van der Waals surface area contributed by atoms with E-state index in [-0.39, 0.29) is 6.42 Å². The number of aliphatic hydroxyl groups excluding tert-OH is 7. The van der Waals surface area contributed by atoms with Crippen LogP contribution < -0.4 is 0 Å². The summed E-state index contributed by atoms with van der Waals surface area (Å²) < 4.78 is 21.4. The lowest BCUT2D eigenvalue weighted by atomic mass is 9.98. The predicted octanol–water partition coefficient (Wildman–Crippen LogP) is -1.70. The molecule has 200 valence electrons. The summed E-state index contributed by atoms with van der Waals surface area (Å²) in [5, 5.41) is 70.1. The maximum absolute atomic E-state index is 12.3. The topological polar surface area (TPSA) is 196 Å². The van der Waals surface area contributed by atoms with Crippen molar-refractivity contribution in [1.29, 1.82) is 0 Å². The molecule has 2 aliphatic heterocycles. The first-order chi connectivity index (χ1) is 16.2. The van der Waals surface area contributed by atoms with Gasteiger partial charge in [0.25, 0.3) is 0 Å². The van der Waals surface area contributed by atoms with Crippen LogP contribution >= 0.6 is 0 Å². The summed E-state index contributed by atoms with van der Waals surface area (Å²) in [6, 6.07) is 0. The fourth-order valence-electron chi connectivity index (χ4n) is 4.19. The Bertz CT molecular complexity index is 606. The van der Waals surface area contributed by atoms with Crippen molar-refractivity contribution < 1.29 is 59.5 Å². The fraction of sp³-hybridized carbons (Fsp3) is 0.955. The summed E-state index contributed by atoms with van der Waals surface area (Å²) in [6.45, 7) is -0.248. The van der Waals surface area contributed by atoms with Crippen molar-refractivity contribution in [2.24, 2.45) is 0 Å². The Hall–Kier alpha value is -0.930. The van der Waals surface area contributed by atoms with E-state index in [1.807, 2.05) is 0 Å². The van der Waals surface area contributed by atoms with Crippen LogP contribution in [0.2, 0.25) is 0 Å². The molecule has 9 atom stereocenters. The van der Waals surface area contributed by atoms with E-state index in [2.05, 4.69) is 6.92 Å². The minimum atomic E-state index is -2.27. The van der Waals surface area contributed by atoms with Crippen molar-refractivity contribution in [3.63, 3.8) is 0 Å². The number of rotatable bonds is 14. The summed E-state index contributed by atoms with van der Waals surface area (Å²) in [6.07, 6.45) is -5.58. The summed E-state index contributed by atoms with van der Waals surface area (Å²) in [4.78, 5) is 12.3. The van der Waals surface area contributed by atoms with E-state index in [1.165, 1.54) is 6.42 Å². The number of carbonyl (C=O) groups is 1. The summed E-state index contributed by atoms with van der Waals surface area (Å²) in [7, 11) is 0. The Morgan fingerprint density at radius 1 is 0.853 bits per heavy atom. The standard InChI is InChI=1S/C22H40O12/c1-2-3-4-5-6-7-8-9-15(26)32-19-16(27)13(10-23)31-21(18(19)29)34-22(12-25)20(30)17(28)14(11-24)33-22/h13-14,16-21,23-25,27-30H,2-12H2,1H3/t13-,14-,16-,17-,18-,19+,20+,21-,22+/m1/s1. The normalized spacial score (nSPS) is 38.2. The summed E-state index contributed by atoms with van der Waals surface area (Å²) in [5.41, 5.74) is 0. The first-order valence-corrected chi connectivity index (χ1v) is 12.0. The van der Waals surface area contributed by atoms with Crippen LogP contribution in [-0.2, 0) is 23.7 Å². The van der Waals surface area contributed by atoms with Gasteiger partial charge in [0, 0.05) is 6.42 Å². The third-order valence-electron chi connectivity index (χ3n) is 6.30. The monoisotopic (exact) mass is 496 g/mol. The van der Waals surface area contributed by atoms with Crippen LogP contribution in [0.25, 0.3) is 0 Å². The molecule has 0 aliphatic carbocycles. The lowest BCUT2D eigenvalue weighted by Crippen LogP contribution is -2.63. The Balaban J connectivity index is 1.99. The van der Waals surface area contributed by atoms with Crippen LogP contribution in [0.15, 0.2) is 0 Å². The molecule has 0 bridgehead atoms. The van der Waals surface area contributed by atoms with Crippen LogP contribution in [-0.4, -0.2) is 116 Å². The van der Waals surface area contributed by atoms with Crippen molar-refractivity contribution in [1.82, 2.24) is 0 Å². The highest BCUT2D eigenvalue weighted by molar-refractivity contribution is 5.69. The molecule has 0 radical (unpaired) electrons. The Labute approximate surface area is 199 Å². The molecule has 2 saturated heterocycles. The van der Waals surface area contributed by atoms with E-state index < -0.39 is 80.6 Å². The molecule has 0 aromatic carbocycles. The van der Waals surface area contributed by atoms with Crippen LogP contribution in [0, 0.1) is 0 Å². The van der Waals surface area contributed by atoms with Crippen molar-refractivity contribution in [3.05, 3.63) is 0 Å². The van der Waals surface area contributed by atoms with Crippen LogP contribution in [0.4, 0.5) is 0 Å². The second kappa shape index (κ2) is 14.0. The van der Waals surface area contributed by atoms with E-state index in [0.29, 0.717) is 6.42 Å². The van der Waals surface area contributed by atoms with Gasteiger partial charge in [-0.25, -0.2) is 0 Å². The van der Waals surface area contributed by atoms with Crippen LogP contribution in [0.1, 0.15) is 58.3 Å². The molecule has 12 heteroatoms. The van der Waals surface area contributed by atoms with Gasteiger partial charge in [-0.2, -0.15) is 0 Å². The van der Waals surface area contributed by atoms with E-state index in [0.717, 1.165) is 32.1 Å². The molecule has 7 N–H and O–H groups in total. The predicted molar refractivity (Wildman–Crippen MR) is 115 cm³/mol. The van der Waals surface area contributed by atoms with E-state index in [1.54, 1.807) is 0 Å². The maximum Gasteiger partial charge on any atom is 0.306 e. The van der Waals surface area contributed by atoms with E-state index in [9.17, 15) is 40.5 Å². The van der Waals surface area contributed by atoms with Crippen molar-refractivity contribution in [3.8, 4) is 0 Å². The van der Waals surface area contributed by atoms with Crippen molar-refractivity contribution in [2.45, 2.75) is 113 Å². The largest absolute Gasteiger partial charge is 0.456 e. The zero-order valence-corrected chi connectivity index (χ0v) is 19.6. The minimum Gasteiger partial charge on any atom is -0.456 e. The molecule has 2 fully saturated rings. The second-order valence-corrected chi connectivity index (χ2v) is 8.89. The third-order valence-corrected chi connectivity index (χ3v) is 6.30. The highest BCUT2D eigenvalue weighted by Gasteiger charge is 2.58. The van der Waals surface area contributed by atoms with Crippen LogP contribution in [0.5, 0.6) is 0 Å². The first-order valence-electron chi connectivity index (χ1n) is 12.0. The van der Waals surface area contributed by atoms with Gasteiger partial charge in [-0.1, -0.05) is 45.4 Å². The molecule has 12 nitrogen and oxygen atoms in total. The molecular formula is C22H40O12. The zero-order valence-electron chi connectivity index (χ0n) is 19.6. The van der Waals surface area contributed by atoms with Gasteiger partial charge in [-0.05, 0) is 6.42 Å². The summed E-state index contributed by atoms with van der Waals surface area (Å²) >= 11 is 0. The average molecular weight is 497 g/mol. The lowest BCUT2D eigenvalue weighted by Gasteiger charge is -2.44. The van der Waals surface area contributed by atoms with Gasteiger partial charge in [0.2, 0.25) is 5.79 Å². The fourth-order valence-corrected chi connectivity index (χ4v) is 4.19. The van der Waals surface area contributed by atoms with Gasteiger partial charge in [-0.3, -0.25) is 4.79 Å². The molecule has 2 rings (SSSR count). The number of hydrogen-bond acceptors (Lipinski definition) is 12. The number of aliphatic hydroxyl groups is 7. The molecule has 0 spiro atoms. The zero-order chi connectivity index (χ0) is 25.3. The third kappa shape index (κ3) is 7.06. The Kier molecular flexibility index (Phi) is 12.0.